The zero-order valence-electron chi connectivity index (χ0n) is 19.0. The maximum absolute atomic E-state index is 13.2. The molecule has 0 unspecified atom stereocenters. The van der Waals surface area contributed by atoms with Gasteiger partial charge in [0.1, 0.15) is 5.52 Å². The first kappa shape index (κ1) is 20.8. The van der Waals surface area contributed by atoms with Crippen LogP contribution in [-0.2, 0) is 7.05 Å². The van der Waals surface area contributed by atoms with Crippen LogP contribution in [0.25, 0.3) is 28.2 Å². The lowest BCUT2D eigenvalue weighted by Gasteiger charge is -2.15. The molecule has 0 bridgehead atoms. The summed E-state index contributed by atoms with van der Waals surface area (Å²) >= 11 is 0. The molecule has 0 amide bonds. The van der Waals surface area contributed by atoms with Gasteiger partial charge in [0, 0.05) is 12.6 Å². The molecule has 0 aliphatic carbocycles. The van der Waals surface area contributed by atoms with Crippen LogP contribution < -0.4 is 5.69 Å². The Labute approximate surface area is 191 Å². The number of nitrogens with zero attached hydrogens (tertiary/aromatic N) is 7. The molecule has 0 N–H and O–H groups in total. The van der Waals surface area contributed by atoms with Gasteiger partial charge in [-0.3, -0.25) is 9.13 Å². The molecule has 33 heavy (non-hydrogen) atoms. The van der Waals surface area contributed by atoms with E-state index in [-0.39, 0.29) is 11.7 Å². The molecule has 0 saturated heterocycles. The Hall–Kier alpha value is -4.07. The minimum atomic E-state index is -0.214. The summed E-state index contributed by atoms with van der Waals surface area (Å²) in [5, 5.41) is 7.88. The molecule has 2 aromatic carbocycles. The van der Waals surface area contributed by atoms with Crippen molar-refractivity contribution in [1.29, 1.82) is 0 Å². The molecular formula is C25H25N7O. The molecular weight excluding hydrogens is 414 g/mol. The van der Waals surface area contributed by atoms with Crippen LogP contribution in [0, 0.1) is 0 Å². The number of imidazole rings is 1. The van der Waals surface area contributed by atoms with E-state index in [0.29, 0.717) is 22.9 Å². The molecule has 5 aromatic rings. The first-order chi connectivity index (χ1) is 16.0. The Morgan fingerprint density at radius 1 is 0.970 bits per heavy atom. The average molecular weight is 440 g/mol. The molecule has 166 valence electrons. The van der Waals surface area contributed by atoms with E-state index in [1.807, 2.05) is 49.4 Å². The van der Waals surface area contributed by atoms with E-state index in [4.69, 9.17) is 4.98 Å². The second-order valence-corrected chi connectivity index (χ2v) is 8.47. The van der Waals surface area contributed by atoms with Gasteiger partial charge >= 0.3 is 5.69 Å². The number of aryl methyl sites for hydroxylation is 1. The van der Waals surface area contributed by atoms with Gasteiger partial charge in [0.2, 0.25) is 0 Å². The van der Waals surface area contributed by atoms with E-state index in [1.165, 1.54) is 5.56 Å². The highest BCUT2D eigenvalue weighted by Crippen LogP contribution is 2.28. The summed E-state index contributed by atoms with van der Waals surface area (Å²) in [6, 6.07) is 15.9. The number of rotatable bonds is 5. The number of fused-ring (bicyclic) bond motifs is 1. The largest absolute Gasteiger partial charge is 0.330 e. The van der Waals surface area contributed by atoms with Gasteiger partial charge in [-0.2, -0.15) is 0 Å². The number of hydrogen-bond donors (Lipinski definition) is 0. The summed E-state index contributed by atoms with van der Waals surface area (Å²) in [7, 11) is 1.76. The van der Waals surface area contributed by atoms with Crippen molar-refractivity contribution in [2.24, 2.45) is 7.05 Å². The standard InChI is InChI=1S/C25H25N7O/c1-16(2)20-7-5-6-8-21(20)23-26-15-22-24(28-23)32(25(33)30(22)4)17(3)18-9-11-19(12-10-18)31-14-13-27-29-31/h5-17H,1-4H3/t17-/m1/s1. The lowest BCUT2D eigenvalue weighted by Crippen LogP contribution is -2.25. The first-order valence-electron chi connectivity index (χ1n) is 11.0. The normalized spacial score (nSPS) is 12.5. The van der Waals surface area contributed by atoms with E-state index in [0.717, 1.165) is 16.8 Å². The molecule has 0 saturated carbocycles. The molecule has 0 spiro atoms. The van der Waals surface area contributed by atoms with Crippen LogP contribution in [0.1, 0.15) is 43.9 Å². The van der Waals surface area contributed by atoms with Crippen LogP contribution in [-0.4, -0.2) is 34.1 Å². The third-order valence-corrected chi connectivity index (χ3v) is 6.11. The highest BCUT2D eigenvalue weighted by molar-refractivity contribution is 5.74. The van der Waals surface area contributed by atoms with Crippen molar-refractivity contribution in [2.75, 3.05) is 0 Å². The zero-order valence-corrected chi connectivity index (χ0v) is 19.0. The summed E-state index contributed by atoms with van der Waals surface area (Å²) in [5.41, 5.74) is 5.28. The van der Waals surface area contributed by atoms with Crippen LogP contribution >= 0.6 is 0 Å². The van der Waals surface area contributed by atoms with Crippen molar-refractivity contribution in [1.82, 2.24) is 34.1 Å². The number of benzene rings is 2. The summed E-state index contributed by atoms with van der Waals surface area (Å²) < 4.78 is 5.04. The Balaban J connectivity index is 1.62. The summed E-state index contributed by atoms with van der Waals surface area (Å²) in [4.78, 5) is 22.7. The van der Waals surface area contributed by atoms with Gasteiger partial charge in [-0.1, -0.05) is 55.5 Å². The Morgan fingerprint density at radius 2 is 1.73 bits per heavy atom. The van der Waals surface area contributed by atoms with Crippen molar-refractivity contribution in [3.8, 4) is 17.1 Å². The molecule has 1 atom stereocenters. The SMILES string of the molecule is CC(C)c1ccccc1-c1ncc2c(n1)n([C@H](C)c1ccc(-n3ccnn3)cc1)c(=O)n2C. The fraction of sp³-hybridized carbons (Fsp3) is 0.240. The van der Waals surface area contributed by atoms with Crippen molar-refractivity contribution < 1.29 is 0 Å². The van der Waals surface area contributed by atoms with Crippen molar-refractivity contribution >= 4 is 11.2 Å². The molecule has 3 heterocycles. The highest BCUT2D eigenvalue weighted by Gasteiger charge is 2.21. The van der Waals surface area contributed by atoms with Crippen molar-refractivity contribution in [2.45, 2.75) is 32.7 Å². The fourth-order valence-electron chi connectivity index (χ4n) is 4.22. The number of aromatic nitrogens is 7. The van der Waals surface area contributed by atoms with Crippen LogP contribution in [0.5, 0.6) is 0 Å². The van der Waals surface area contributed by atoms with Gasteiger partial charge < -0.3 is 0 Å². The Morgan fingerprint density at radius 3 is 2.42 bits per heavy atom. The molecule has 8 nitrogen and oxygen atoms in total. The average Bonchev–Trinajstić information content (AvgIpc) is 3.46. The van der Waals surface area contributed by atoms with Gasteiger partial charge in [-0.05, 0) is 36.1 Å². The van der Waals surface area contributed by atoms with E-state index in [1.54, 1.807) is 39.5 Å². The number of hydrogen-bond acceptors (Lipinski definition) is 5. The summed E-state index contributed by atoms with van der Waals surface area (Å²) in [5.74, 6) is 0.959. The Kier molecular flexibility index (Phi) is 5.12. The van der Waals surface area contributed by atoms with Gasteiger partial charge in [-0.15, -0.1) is 5.10 Å². The lowest BCUT2D eigenvalue weighted by atomic mass is 9.97. The third kappa shape index (κ3) is 3.53. The second-order valence-electron chi connectivity index (χ2n) is 8.47. The minimum absolute atomic E-state index is 0.124. The van der Waals surface area contributed by atoms with E-state index in [9.17, 15) is 4.79 Å². The van der Waals surface area contributed by atoms with E-state index < -0.39 is 0 Å². The van der Waals surface area contributed by atoms with Gasteiger partial charge in [-0.25, -0.2) is 19.4 Å². The van der Waals surface area contributed by atoms with E-state index >= 15 is 0 Å². The summed E-state index contributed by atoms with van der Waals surface area (Å²) in [6.07, 6.45) is 5.18. The highest BCUT2D eigenvalue weighted by atomic mass is 16.1. The maximum Gasteiger partial charge on any atom is 0.330 e. The minimum Gasteiger partial charge on any atom is -0.292 e. The first-order valence-corrected chi connectivity index (χ1v) is 11.0. The van der Waals surface area contributed by atoms with Gasteiger partial charge in [0.15, 0.2) is 11.5 Å². The second kappa shape index (κ2) is 8.12. The smallest absolute Gasteiger partial charge is 0.292 e. The van der Waals surface area contributed by atoms with Gasteiger partial charge in [0.05, 0.1) is 30.3 Å². The van der Waals surface area contributed by atoms with Gasteiger partial charge in [0.25, 0.3) is 0 Å². The van der Waals surface area contributed by atoms with Crippen LogP contribution in [0.2, 0.25) is 0 Å². The molecule has 0 aliphatic heterocycles. The monoisotopic (exact) mass is 439 g/mol. The maximum atomic E-state index is 13.2. The summed E-state index contributed by atoms with van der Waals surface area (Å²) in [6.45, 7) is 6.32. The fourth-order valence-corrected chi connectivity index (χ4v) is 4.22. The van der Waals surface area contributed by atoms with Crippen molar-refractivity contribution in [3.05, 3.63) is 88.7 Å². The molecule has 0 fully saturated rings. The topological polar surface area (TPSA) is 83.4 Å². The molecule has 0 aliphatic rings. The van der Waals surface area contributed by atoms with E-state index in [2.05, 4.69) is 35.2 Å². The van der Waals surface area contributed by atoms with Crippen LogP contribution in [0.4, 0.5) is 0 Å². The predicted molar refractivity (Wildman–Crippen MR) is 127 cm³/mol. The lowest BCUT2D eigenvalue weighted by molar-refractivity contribution is 0.612. The molecule has 8 heteroatoms. The van der Waals surface area contributed by atoms with Crippen LogP contribution in [0.15, 0.2) is 71.9 Å². The van der Waals surface area contributed by atoms with Crippen LogP contribution in [0.3, 0.4) is 0 Å². The van der Waals surface area contributed by atoms with Crippen molar-refractivity contribution in [3.63, 3.8) is 0 Å². The third-order valence-electron chi connectivity index (χ3n) is 6.11. The zero-order chi connectivity index (χ0) is 23.1. The quantitative estimate of drug-likeness (QED) is 0.412. The molecule has 5 rings (SSSR count). The predicted octanol–water partition coefficient (Wildman–Crippen LogP) is 4.11. The molecule has 0 radical (unpaired) electrons. The molecule has 3 aromatic heterocycles. The Bertz CT molecular complexity index is 1480.